The molecule has 1 amide bonds. The molecule has 0 bridgehead atoms. The van der Waals surface area contributed by atoms with Gasteiger partial charge in [0.05, 0.1) is 4.90 Å². The van der Waals surface area contributed by atoms with Gasteiger partial charge in [-0.3, -0.25) is 14.5 Å². The Morgan fingerprint density at radius 2 is 1.81 bits per heavy atom. The molecule has 0 saturated carbocycles. The third-order valence-corrected chi connectivity index (χ3v) is 6.39. The van der Waals surface area contributed by atoms with Crippen molar-refractivity contribution in [1.29, 1.82) is 0 Å². The molecule has 0 radical (unpaired) electrons. The number of likely N-dealkylation sites (tertiary alicyclic amines) is 1. The number of carbonyl (C=O) groups is 1. The quantitative estimate of drug-likeness (QED) is 0.877. The first-order valence-corrected chi connectivity index (χ1v) is 10.7. The van der Waals surface area contributed by atoms with E-state index in [1.807, 2.05) is 18.7 Å². The second-order valence-electron chi connectivity index (χ2n) is 7.96. The topological polar surface area (TPSA) is 78.8 Å². The fourth-order valence-electron chi connectivity index (χ4n) is 3.89. The maximum absolute atomic E-state index is 13.1. The zero-order chi connectivity index (χ0) is 19.1. The smallest absolute Gasteiger partial charge is 0.263 e. The maximum Gasteiger partial charge on any atom is 0.263 e. The van der Waals surface area contributed by atoms with Gasteiger partial charge in [0.25, 0.3) is 10.0 Å². The van der Waals surface area contributed by atoms with E-state index >= 15 is 0 Å². The molecular weight excluding hydrogens is 350 g/mol. The van der Waals surface area contributed by atoms with Crippen LogP contribution in [0, 0.1) is 17.8 Å². The predicted molar refractivity (Wildman–Crippen MR) is 101 cm³/mol. The Morgan fingerprint density at radius 3 is 2.42 bits per heavy atom. The van der Waals surface area contributed by atoms with Gasteiger partial charge in [0.15, 0.2) is 0 Å². The van der Waals surface area contributed by atoms with Gasteiger partial charge in [0.2, 0.25) is 5.91 Å². The lowest BCUT2D eigenvalue weighted by atomic mass is 9.90. The van der Waals surface area contributed by atoms with Crippen LogP contribution in [0.25, 0.3) is 0 Å². The number of nitrogens with one attached hydrogen (secondary N) is 1. The van der Waals surface area contributed by atoms with E-state index in [0.29, 0.717) is 17.4 Å². The van der Waals surface area contributed by atoms with Crippen LogP contribution in [0.1, 0.15) is 39.7 Å². The zero-order valence-corrected chi connectivity index (χ0v) is 16.6. The molecule has 1 N–H and O–H groups in total. The molecule has 0 aliphatic carbocycles. The molecule has 2 aliphatic heterocycles. The Bertz CT molecular complexity index is 822. The summed E-state index contributed by atoms with van der Waals surface area (Å²) in [7, 11) is -3.60. The summed E-state index contributed by atoms with van der Waals surface area (Å²) < 4.78 is 27.1. The molecule has 26 heavy (non-hydrogen) atoms. The highest BCUT2D eigenvalue weighted by Crippen LogP contribution is 2.26. The van der Waals surface area contributed by atoms with Crippen molar-refractivity contribution in [2.45, 2.75) is 45.1 Å². The summed E-state index contributed by atoms with van der Waals surface area (Å²) >= 11 is 0. The van der Waals surface area contributed by atoms with Gasteiger partial charge in [-0.2, -0.15) is 0 Å². The van der Waals surface area contributed by atoms with Gasteiger partial charge in [0, 0.05) is 18.7 Å². The Labute approximate surface area is 155 Å². The van der Waals surface area contributed by atoms with E-state index in [0.717, 1.165) is 19.5 Å². The van der Waals surface area contributed by atoms with Crippen molar-refractivity contribution in [1.82, 2.24) is 9.62 Å². The first kappa shape index (κ1) is 18.9. The molecule has 3 atom stereocenters. The highest BCUT2D eigenvalue weighted by molar-refractivity contribution is 7.90. The average Bonchev–Trinajstić information content (AvgIpc) is 2.82. The molecule has 6 nitrogen and oxygen atoms in total. The van der Waals surface area contributed by atoms with Crippen LogP contribution in [-0.2, 0) is 14.8 Å². The summed E-state index contributed by atoms with van der Waals surface area (Å²) in [6, 6.07) is 6.13. The molecular formula is C19H27N3O3S. The number of hydrogen-bond acceptors (Lipinski definition) is 4. The number of amidine groups is 1. The standard InChI is InChI=1S/C19H27N3O3S/c1-12(2)17(19(23)22-10-13(3)9-14(4)11-22)20-18-15-7-5-6-8-16(15)26(24,25)21-18/h5-8,12-14,17H,9-11H2,1-4H3,(H,20,21)/t13-,14+,17-/m1/s1. The summed E-state index contributed by atoms with van der Waals surface area (Å²) in [6.45, 7) is 9.68. The van der Waals surface area contributed by atoms with Crippen molar-refractivity contribution in [2.24, 2.45) is 22.7 Å². The van der Waals surface area contributed by atoms with Crippen LogP contribution in [0.5, 0.6) is 0 Å². The summed E-state index contributed by atoms with van der Waals surface area (Å²) in [5.41, 5.74) is 0.534. The van der Waals surface area contributed by atoms with Crippen molar-refractivity contribution in [2.75, 3.05) is 13.1 Å². The van der Waals surface area contributed by atoms with Gasteiger partial charge in [-0.25, -0.2) is 8.42 Å². The van der Waals surface area contributed by atoms with Gasteiger partial charge in [-0.1, -0.05) is 39.8 Å². The van der Waals surface area contributed by atoms with Crippen molar-refractivity contribution < 1.29 is 13.2 Å². The summed E-state index contributed by atoms with van der Waals surface area (Å²) in [4.78, 5) is 19.8. The SMILES string of the molecule is CC(C)[C@@H](N=C1NS(=O)(=O)c2ccccc21)C(=O)N1C[C@H](C)C[C@H](C)C1. The number of fused-ring (bicyclic) bond motifs is 1. The molecule has 0 spiro atoms. The number of hydrogen-bond donors (Lipinski definition) is 1. The van der Waals surface area contributed by atoms with Crippen LogP contribution in [0.3, 0.4) is 0 Å². The van der Waals surface area contributed by atoms with Crippen molar-refractivity contribution >= 4 is 21.8 Å². The van der Waals surface area contributed by atoms with Crippen molar-refractivity contribution in [3.63, 3.8) is 0 Å². The molecule has 1 aromatic rings. The predicted octanol–water partition coefficient (Wildman–Crippen LogP) is 2.25. The minimum Gasteiger partial charge on any atom is -0.340 e. The van der Waals surface area contributed by atoms with Gasteiger partial charge < -0.3 is 4.90 Å². The largest absolute Gasteiger partial charge is 0.340 e. The Hall–Kier alpha value is -1.89. The maximum atomic E-state index is 13.1. The summed E-state index contributed by atoms with van der Waals surface area (Å²) in [5, 5.41) is 0. The second kappa shape index (κ2) is 7.02. The van der Waals surface area contributed by atoms with E-state index in [-0.39, 0.29) is 22.6 Å². The lowest BCUT2D eigenvalue weighted by Crippen LogP contribution is -2.48. The Morgan fingerprint density at radius 1 is 1.19 bits per heavy atom. The van der Waals surface area contributed by atoms with Crippen molar-refractivity contribution in [3.8, 4) is 0 Å². The monoisotopic (exact) mass is 377 g/mol. The average molecular weight is 378 g/mol. The fraction of sp³-hybridized carbons (Fsp3) is 0.579. The van der Waals surface area contributed by atoms with E-state index in [1.165, 1.54) is 0 Å². The van der Waals surface area contributed by atoms with Gasteiger partial charge in [-0.05, 0) is 36.3 Å². The number of amides is 1. The number of benzene rings is 1. The lowest BCUT2D eigenvalue weighted by Gasteiger charge is -2.37. The van der Waals surface area contributed by atoms with E-state index in [1.54, 1.807) is 24.3 Å². The number of rotatable bonds is 3. The highest BCUT2D eigenvalue weighted by atomic mass is 32.2. The molecule has 142 valence electrons. The lowest BCUT2D eigenvalue weighted by molar-refractivity contribution is -0.136. The van der Waals surface area contributed by atoms with Crippen LogP contribution in [0.4, 0.5) is 0 Å². The molecule has 1 aromatic carbocycles. The van der Waals surface area contributed by atoms with Gasteiger partial charge in [0.1, 0.15) is 11.9 Å². The minimum atomic E-state index is -3.60. The number of aliphatic imine (C=N–C) groups is 1. The van der Waals surface area contributed by atoms with Crippen LogP contribution < -0.4 is 4.72 Å². The first-order valence-electron chi connectivity index (χ1n) is 9.18. The minimum absolute atomic E-state index is 0.0190. The Kier molecular flexibility index (Phi) is 5.10. The van der Waals surface area contributed by atoms with E-state index in [2.05, 4.69) is 23.6 Å². The van der Waals surface area contributed by atoms with E-state index < -0.39 is 16.1 Å². The molecule has 0 unspecified atom stereocenters. The highest BCUT2D eigenvalue weighted by Gasteiger charge is 2.35. The van der Waals surface area contributed by atoms with E-state index in [4.69, 9.17) is 0 Å². The van der Waals surface area contributed by atoms with Crippen LogP contribution in [-0.4, -0.2) is 44.2 Å². The second-order valence-corrected chi connectivity index (χ2v) is 9.61. The van der Waals surface area contributed by atoms with Crippen LogP contribution >= 0.6 is 0 Å². The molecule has 3 rings (SSSR count). The van der Waals surface area contributed by atoms with Gasteiger partial charge >= 0.3 is 0 Å². The number of sulfonamides is 1. The van der Waals surface area contributed by atoms with Gasteiger partial charge in [-0.15, -0.1) is 0 Å². The Balaban J connectivity index is 1.92. The summed E-state index contributed by atoms with van der Waals surface area (Å²) in [6.07, 6.45) is 1.12. The normalized spacial score (nSPS) is 27.3. The molecule has 0 aromatic heterocycles. The fourth-order valence-corrected chi connectivity index (χ4v) is 5.13. The first-order chi connectivity index (χ1) is 12.2. The van der Waals surface area contributed by atoms with E-state index in [9.17, 15) is 13.2 Å². The van der Waals surface area contributed by atoms with Crippen LogP contribution in [0.2, 0.25) is 0 Å². The summed E-state index contributed by atoms with van der Waals surface area (Å²) in [5.74, 6) is 1.16. The molecule has 2 heterocycles. The zero-order valence-electron chi connectivity index (χ0n) is 15.8. The molecule has 1 saturated heterocycles. The third-order valence-electron chi connectivity index (χ3n) is 5.00. The number of carbonyl (C=O) groups excluding carboxylic acids is 1. The molecule has 1 fully saturated rings. The molecule has 7 heteroatoms. The molecule has 2 aliphatic rings. The van der Waals surface area contributed by atoms with Crippen LogP contribution in [0.15, 0.2) is 34.2 Å². The third kappa shape index (κ3) is 3.63. The van der Waals surface area contributed by atoms with Crippen molar-refractivity contribution in [3.05, 3.63) is 29.8 Å². The number of piperidine rings is 1. The number of nitrogens with zero attached hydrogens (tertiary/aromatic N) is 2.